The fourth-order valence-electron chi connectivity index (χ4n) is 2.12. The molecule has 1 aliphatic carbocycles. The first-order valence-electron chi connectivity index (χ1n) is 7.15. The molecule has 0 saturated heterocycles. The smallest absolute Gasteiger partial charge is 0.231 e. The maximum atomic E-state index is 6.02. The summed E-state index contributed by atoms with van der Waals surface area (Å²) in [6, 6.07) is 7.21. The minimum absolute atomic E-state index is 0.340. The molecule has 0 radical (unpaired) electrons. The first kappa shape index (κ1) is 14.5. The summed E-state index contributed by atoms with van der Waals surface area (Å²) in [6.07, 6.45) is 4.42. The Morgan fingerprint density at radius 2 is 2.10 bits per heavy atom. The van der Waals surface area contributed by atoms with Crippen LogP contribution in [0.3, 0.4) is 0 Å². The number of hydrogen-bond donors (Lipinski definition) is 1. The molecule has 1 fully saturated rings. The fourth-order valence-corrected chi connectivity index (χ4v) is 2.25. The molecule has 1 aromatic carbocycles. The van der Waals surface area contributed by atoms with Crippen LogP contribution in [0.5, 0.6) is 0 Å². The molecule has 1 aromatic heterocycles. The van der Waals surface area contributed by atoms with Crippen molar-refractivity contribution in [3.63, 3.8) is 0 Å². The molecule has 21 heavy (non-hydrogen) atoms. The van der Waals surface area contributed by atoms with E-state index in [9.17, 15) is 0 Å². The van der Waals surface area contributed by atoms with Gasteiger partial charge < -0.3 is 15.0 Å². The number of halogens is 1. The van der Waals surface area contributed by atoms with Crippen LogP contribution in [0.25, 0.3) is 0 Å². The SMILES string of the molecule is NC(COC1CCC1)c1noc(Cc2ccc(Cl)cc2)n1. The van der Waals surface area contributed by atoms with Crippen molar-refractivity contribution < 1.29 is 9.26 Å². The number of ether oxygens (including phenoxy) is 1. The van der Waals surface area contributed by atoms with Crippen molar-refractivity contribution in [3.05, 3.63) is 46.6 Å². The van der Waals surface area contributed by atoms with Crippen molar-refractivity contribution in [2.45, 2.75) is 37.8 Å². The summed E-state index contributed by atoms with van der Waals surface area (Å²) in [4.78, 5) is 4.33. The van der Waals surface area contributed by atoms with Crippen LogP contribution in [0.1, 0.15) is 42.6 Å². The second-order valence-electron chi connectivity index (χ2n) is 5.34. The topological polar surface area (TPSA) is 74.2 Å². The lowest BCUT2D eigenvalue weighted by molar-refractivity contribution is -0.00549. The van der Waals surface area contributed by atoms with Crippen LogP contribution in [0.15, 0.2) is 28.8 Å². The van der Waals surface area contributed by atoms with E-state index in [1.807, 2.05) is 24.3 Å². The Kier molecular flexibility index (Phi) is 4.53. The van der Waals surface area contributed by atoms with Crippen LogP contribution in [-0.2, 0) is 11.2 Å². The number of aromatic nitrogens is 2. The van der Waals surface area contributed by atoms with Crippen molar-refractivity contribution in [1.82, 2.24) is 10.1 Å². The Bertz CT molecular complexity index is 581. The number of nitrogens with two attached hydrogens (primary N) is 1. The third-order valence-corrected chi connectivity index (χ3v) is 3.90. The van der Waals surface area contributed by atoms with E-state index in [0.717, 1.165) is 18.4 Å². The second kappa shape index (κ2) is 6.56. The molecule has 0 amide bonds. The van der Waals surface area contributed by atoms with E-state index in [4.69, 9.17) is 26.6 Å². The van der Waals surface area contributed by atoms with Crippen LogP contribution >= 0.6 is 11.6 Å². The normalized spacial score (nSPS) is 16.7. The maximum absolute atomic E-state index is 6.02. The predicted molar refractivity (Wildman–Crippen MR) is 79.1 cm³/mol. The number of nitrogens with zero attached hydrogens (tertiary/aromatic N) is 2. The van der Waals surface area contributed by atoms with Crippen molar-refractivity contribution in [2.75, 3.05) is 6.61 Å². The van der Waals surface area contributed by atoms with E-state index < -0.39 is 0 Å². The average Bonchev–Trinajstić information content (AvgIpc) is 2.88. The summed E-state index contributed by atoms with van der Waals surface area (Å²) in [7, 11) is 0. The highest BCUT2D eigenvalue weighted by molar-refractivity contribution is 6.30. The Balaban J connectivity index is 1.55. The third kappa shape index (κ3) is 3.81. The lowest BCUT2D eigenvalue weighted by Gasteiger charge is -2.26. The Labute approximate surface area is 128 Å². The standard InChI is InChI=1S/C15H18ClN3O2/c16-11-6-4-10(5-7-11)8-14-18-15(19-21-14)13(17)9-20-12-2-1-3-12/h4-7,12-13H,1-3,8-9,17H2. The Hall–Kier alpha value is -1.43. The fraction of sp³-hybridized carbons (Fsp3) is 0.467. The van der Waals surface area contributed by atoms with Gasteiger partial charge in [-0.3, -0.25) is 0 Å². The predicted octanol–water partition coefficient (Wildman–Crippen LogP) is 2.88. The van der Waals surface area contributed by atoms with Gasteiger partial charge >= 0.3 is 0 Å². The van der Waals surface area contributed by atoms with Gasteiger partial charge in [-0.2, -0.15) is 4.98 Å². The monoisotopic (exact) mass is 307 g/mol. The van der Waals surface area contributed by atoms with Gasteiger partial charge in [0.15, 0.2) is 5.82 Å². The number of rotatable bonds is 6. The van der Waals surface area contributed by atoms with Crippen LogP contribution in [-0.4, -0.2) is 22.9 Å². The Morgan fingerprint density at radius 1 is 1.33 bits per heavy atom. The molecular formula is C15H18ClN3O2. The largest absolute Gasteiger partial charge is 0.376 e. The van der Waals surface area contributed by atoms with Gasteiger partial charge in [-0.05, 0) is 37.0 Å². The molecule has 2 N–H and O–H groups in total. The van der Waals surface area contributed by atoms with Gasteiger partial charge in [-0.1, -0.05) is 28.9 Å². The lowest BCUT2D eigenvalue weighted by Crippen LogP contribution is -2.27. The molecule has 1 atom stereocenters. The molecule has 6 heteroatoms. The minimum atomic E-state index is -0.340. The molecule has 0 aliphatic heterocycles. The first-order valence-corrected chi connectivity index (χ1v) is 7.52. The molecule has 112 valence electrons. The highest BCUT2D eigenvalue weighted by Crippen LogP contribution is 2.23. The maximum Gasteiger partial charge on any atom is 0.231 e. The van der Waals surface area contributed by atoms with Crippen LogP contribution in [0, 0.1) is 0 Å². The number of hydrogen-bond acceptors (Lipinski definition) is 5. The summed E-state index contributed by atoms with van der Waals surface area (Å²) < 4.78 is 10.9. The van der Waals surface area contributed by atoms with E-state index in [0.29, 0.717) is 35.9 Å². The molecule has 3 rings (SSSR count). The van der Waals surface area contributed by atoms with Gasteiger partial charge in [0.25, 0.3) is 0 Å². The van der Waals surface area contributed by atoms with Gasteiger partial charge in [-0.15, -0.1) is 0 Å². The first-order chi connectivity index (χ1) is 10.2. The highest BCUT2D eigenvalue weighted by Gasteiger charge is 2.21. The van der Waals surface area contributed by atoms with Gasteiger partial charge in [0, 0.05) is 5.02 Å². The summed E-state index contributed by atoms with van der Waals surface area (Å²) in [5, 5.41) is 4.64. The zero-order valence-electron chi connectivity index (χ0n) is 11.7. The molecule has 1 saturated carbocycles. The van der Waals surface area contributed by atoms with E-state index in [-0.39, 0.29) is 6.04 Å². The van der Waals surface area contributed by atoms with Gasteiger partial charge in [0.05, 0.1) is 25.2 Å². The molecule has 0 spiro atoms. The highest BCUT2D eigenvalue weighted by atomic mass is 35.5. The molecule has 2 aromatic rings. The van der Waals surface area contributed by atoms with E-state index in [1.165, 1.54) is 6.42 Å². The molecule has 1 aliphatic rings. The lowest BCUT2D eigenvalue weighted by atomic mass is 9.96. The average molecular weight is 308 g/mol. The Morgan fingerprint density at radius 3 is 2.76 bits per heavy atom. The van der Waals surface area contributed by atoms with Crippen molar-refractivity contribution >= 4 is 11.6 Å². The van der Waals surface area contributed by atoms with Crippen LogP contribution in [0.4, 0.5) is 0 Å². The summed E-state index contributed by atoms with van der Waals surface area (Å²) in [5.74, 6) is 1.05. The van der Waals surface area contributed by atoms with Crippen LogP contribution in [0.2, 0.25) is 5.02 Å². The quantitative estimate of drug-likeness (QED) is 0.888. The summed E-state index contributed by atoms with van der Waals surface area (Å²) >= 11 is 5.86. The zero-order chi connectivity index (χ0) is 14.7. The van der Waals surface area contributed by atoms with Gasteiger partial charge in [-0.25, -0.2) is 0 Å². The molecule has 1 heterocycles. The van der Waals surface area contributed by atoms with E-state index in [1.54, 1.807) is 0 Å². The molecule has 5 nitrogen and oxygen atoms in total. The van der Waals surface area contributed by atoms with E-state index >= 15 is 0 Å². The third-order valence-electron chi connectivity index (χ3n) is 3.65. The summed E-state index contributed by atoms with van der Waals surface area (Å²) in [6.45, 7) is 0.435. The summed E-state index contributed by atoms with van der Waals surface area (Å²) in [5.41, 5.74) is 7.09. The van der Waals surface area contributed by atoms with Crippen molar-refractivity contribution in [3.8, 4) is 0 Å². The zero-order valence-corrected chi connectivity index (χ0v) is 12.4. The molecule has 0 bridgehead atoms. The van der Waals surface area contributed by atoms with Gasteiger partial charge in [0.2, 0.25) is 5.89 Å². The van der Waals surface area contributed by atoms with Crippen LogP contribution < -0.4 is 5.73 Å². The minimum Gasteiger partial charge on any atom is -0.376 e. The molecule has 1 unspecified atom stereocenters. The second-order valence-corrected chi connectivity index (χ2v) is 5.78. The number of benzene rings is 1. The molecular weight excluding hydrogens is 290 g/mol. The van der Waals surface area contributed by atoms with E-state index in [2.05, 4.69) is 10.1 Å². The van der Waals surface area contributed by atoms with Crippen molar-refractivity contribution in [1.29, 1.82) is 0 Å². The van der Waals surface area contributed by atoms with Crippen molar-refractivity contribution in [2.24, 2.45) is 5.73 Å². The van der Waals surface area contributed by atoms with Gasteiger partial charge in [0.1, 0.15) is 0 Å².